The van der Waals surface area contributed by atoms with Crippen LogP contribution in [0, 0.1) is 5.82 Å². The van der Waals surface area contributed by atoms with Crippen molar-refractivity contribution in [2.24, 2.45) is 0 Å². The molecule has 0 unspecified atom stereocenters. The highest BCUT2D eigenvalue weighted by Crippen LogP contribution is 2.23. The first-order chi connectivity index (χ1) is 11.5. The monoisotopic (exact) mass is 367 g/mol. The molecule has 0 saturated heterocycles. The zero-order valence-electron chi connectivity index (χ0n) is 12.8. The lowest BCUT2D eigenvalue weighted by atomic mass is 10.3. The molecular weight excluding hydrogens is 353 g/mol. The van der Waals surface area contributed by atoms with Crippen LogP contribution in [0.3, 0.4) is 0 Å². The topological polar surface area (TPSA) is 55.4 Å². The summed E-state index contributed by atoms with van der Waals surface area (Å²) in [6.07, 6.45) is 0. The molecule has 0 aromatic heterocycles. The van der Waals surface area contributed by atoms with Gasteiger partial charge in [0.25, 0.3) is 5.91 Å². The number of esters is 1. The van der Waals surface area contributed by atoms with Crippen LogP contribution in [0.1, 0.15) is 6.92 Å². The Hall–Kier alpha value is -2.05. The summed E-state index contributed by atoms with van der Waals surface area (Å²) in [5.74, 6) is -1.78. The van der Waals surface area contributed by atoms with Crippen LogP contribution in [-0.2, 0) is 14.3 Å². The molecule has 0 radical (unpaired) electrons. The number of nitrogens with one attached hydrogen (secondary N) is 1. The second kappa shape index (κ2) is 8.70. The molecule has 4 nitrogen and oxygen atoms in total. The lowest BCUT2D eigenvalue weighted by molar-refractivity contribution is -0.146. The largest absolute Gasteiger partial charge is 0.455 e. The van der Waals surface area contributed by atoms with E-state index in [-0.39, 0.29) is 10.7 Å². The van der Waals surface area contributed by atoms with Gasteiger partial charge in [0, 0.05) is 9.92 Å². The molecule has 2 rings (SSSR count). The van der Waals surface area contributed by atoms with Gasteiger partial charge in [-0.1, -0.05) is 29.8 Å². The number of hydrogen-bond acceptors (Lipinski definition) is 4. The molecule has 0 aliphatic heterocycles. The Kier molecular flexibility index (Phi) is 6.63. The predicted octanol–water partition coefficient (Wildman–Crippen LogP) is 4.14. The molecule has 0 saturated carbocycles. The van der Waals surface area contributed by atoms with Gasteiger partial charge in [0.05, 0.1) is 5.69 Å². The van der Waals surface area contributed by atoms with E-state index < -0.39 is 29.6 Å². The number of halogens is 2. The summed E-state index contributed by atoms with van der Waals surface area (Å²) in [6.45, 7) is 1.19. The number of carbonyl (C=O) groups is 2. The van der Waals surface area contributed by atoms with Crippen LogP contribution < -0.4 is 5.32 Å². The van der Waals surface area contributed by atoms with Crippen LogP contribution in [0.4, 0.5) is 10.1 Å². The summed E-state index contributed by atoms with van der Waals surface area (Å²) in [4.78, 5) is 24.6. The zero-order chi connectivity index (χ0) is 17.5. The van der Waals surface area contributed by atoms with Crippen molar-refractivity contribution in [3.63, 3.8) is 0 Å². The van der Waals surface area contributed by atoms with E-state index in [1.165, 1.54) is 23.9 Å². The minimum absolute atomic E-state index is 0.0599. The van der Waals surface area contributed by atoms with Gasteiger partial charge in [-0.15, -0.1) is 11.8 Å². The molecule has 0 heterocycles. The normalized spacial score (nSPS) is 11.6. The average molecular weight is 368 g/mol. The van der Waals surface area contributed by atoms with E-state index in [4.69, 9.17) is 16.3 Å². The second-order valence-corrected chi connectivity index (χ2v) is 6.70. The van der Waals surface area contributed by atoms with Crippen LogP contribution in [0.2, 0.25) is 5.02 Å². The highest BCUT2D eigenvalue weighted by atomic mass is 35.5. The molecule has 7 heteroatoms. The molecule has 126 valence electrons. The number of thioether (sulfide) groups is 1. The number of anilines is 1. The van der Waals surface area contributed by atoms with Crippen molar-refractivity contribution in [1.82, 2.24) is 0 Å². The smallest absolute Gasteiger partial charge is 0.319 e. The summed E-state index contributed by atoms with van der Waals surface area (Å²) in [5.41, 5.74) is -0.0599. The maximum absolute atomic E-state index is 13.5. The van der Waals surface area contributed by atoms with Gasteiger partial charge in [-0.05, 0) is 37.3 Å². The average Bonchev–Trinajstić information content (AvgIpc) is 2.57. The molecule has 2 aromatic carbocycles. The van der Waals surface area contributed by atoms with Gasteiger partial charge in [0.1, 0.15) is 11.1 Å². The Labute approximate surface area is 148 Å². The van der Waals surface area contributed by atoms with E-state index in [1.54, 1.807) is 6.92 Å². The van der Waals surface area contributed by atoms with E-state index in [2.05, 4.69) is 5.32 Å². The SMILES string of the molecule is C[C@@H](Sc1ccccc1)C(=O)OCC(=O)Nc1cc(Cl)ccc1F. The van der Waals surface area contributed by atoms with Crippen LogP contribution >= 0.6 is 23.4 Å². The lowest BCUT2D eigenvalue weighted by Crippen LogP contribution is -2.25. The predicted molar refractivity (Wildman–Crippen MR) is 92.8 cm³/mol. The van der Waals surface area contributed by atoms with E-state index >= 15 is 0 Å². The standard InChI is InChI=1S/C17H15ClFNO3S/c1-11(24-13-5-3-2-4-6-13)17(22)23-10-16(21)20-15-9-12(18)7-8-14(15)19/h2-9,11H,10H2,1H3,(H,20,21)/t11-/m1/s1. The molecule has 1 amide bonds. The quantitative estimate of drug-likeness (QED) is 0.615. The third-order valence-electron chi connectivity index (χ3n) is 2.94. The number of rotatable bonds is 6. The van der Waals surface area contributed by atoms with Crippen molar-refractivity contribution in [3.8, 4) is 0 Å². The summed E-state index contributed by atoms with van der Waals surface area (Å²) in [6, 6.07) is 13.2. The molecule has 0 aliphatic carbocycles. The first-order valence-corrected chi connectivity index (χ1v) is 8.34. The molecule has 0 fully saturated rings. The highest BCUT2D eigenvalue weighted by Gasteiger charge is 2.17. The Bertz CT molecular complexity index is 727. The van der Waals surface area contributed by atoms with Crippen molar-refractivity contribution in [2.45, 2.75) is 17.1 Å². The number of ether oxygens (including phenoxy) is 1. The maximum atomic E-state index is 13.5. The Morgan fingerprint density at radius 3 is 2.67 bits per heavy atom. The van der Waals surface area contributed by atoms with Crippen LogP contribution in [0.5, 0.6) is 0 Å². The van der Waals surface area contributed by atoms with Gasteiger partial charge in [-0.3, -0.25) is 9.59 Å². The Balaban J connectivity index is 1.82. The molecule has 2 aromatic rings. The molecule has 0 spiro atoms. The Morgan fingerprint density at radius 1 is 1.25 bits per heavy atom. The second-order valence-electron chi connectivity index (χ2n) is 4.85. The fourth-order valence-corrected chi connectivity index (χ4v) is 2.84. The van der Waals surface area contributed by atoms with Gasteiger partial charge >= 0.3 is 5.97 Å². The zero-order valence-corrected chi connectivity index (χ0v) is 14.4. The van der Waals surface area contributed by atoms with Gasteiger partial charge in [-0.25, -0.2) is 4.39 Å². The van der Waals surface area contributed by atoms with Crippen molar-refractivity contribution in [2.75, 3.05) is 11.9 Å². The number of benzene rings is 2. The van der Waals surface area contributed by atoms with Crippen molar-refractivity contribution >= 4 is 40.9 Å². The summed E-state index contributed by atoms with van der Waals surface area (Å²) in [7, 11) is 0. The molecule has 1 N–H and O–H groups in total. The third kappa shape index (κ3) is 5.54. The third-order valence-corrected chi connectivity index (χ3v) is 4.26. The van der Waals surface area contributed by atoms with Gasteiger partial charge in [0.15, 0.2) is 6.61 Å². The number of amides is 1. The van der Waals surface area contributed by atoms with Crippen molar-refractivity contribution in [3.05, 3.63) is 59.4 Å². The van der Waals surface area contributed by atoms with Gasteiger partial charge in [0.2, 0.25) is 0 Å². The van der Waals surface area contributed by atoms with Crippen LogP contribution in [0.15, 0.2) is 53.4 Å². The van der Waals surface area contributed by atoms with Crippen LogP contribution in [0.25, 0.3) is 0 Å². The van der Waals surface area contributed by atoms with Crippen LogP contribution in [-0.4, -0.2) is 23.7 Å². The van der Waals surface area contributed by atoms with E-state index in [0.29, 0.717) is 0 Å². The lowest BCUT2D eigenvalue weighted by Gasteiger charge is -2.11. The molecule has 24 heavy (non-hydrogen) atoms. The summed E-state index contributed by atoms with van der Waals surface area (Å²) < 4.78 is 18.5. The minimum Gasteiger partial charge on any atom is -0.455 e. The first kappa shape index (κ1) is 18.3. The van der Waals surface area contributed by atoms with Crippen molar-refractivity contribution < 1.29 is 18.7 Å². The molecular formula is C17H15ClFNO3S. The Morgan fingerprint density at radius 2 is 1.96 bits per heavy atom. The highest BCUT2D eigenvalue weighted by molar-refractivity contribution is 8.00. The first-order valence-electron chi connectivity index (χ1n) is 7.09. The fourth-order valence-electron chi connectivity index (χ4n) is 1.78. The van der Waals surface area contributed by atoms with E-state index in [9.17, 15) is 14.0 Å². The maximum Gasteiger partial charge on any atom is 0.319 e. The van der Waals surface area contributed by atoms with Gasteiger partial charge < -0.3 is 10.1 Å². The van der Waals surface area contributed by atoms with E-state index in [1.807, 2.05) is 30.3 Å². The fraction of sp³-hybridized carbons (Fsp3) is 0.176. The van der Waals surface area contributed by atoms with Gasteiger partial charge in [-0.2, -0.15) is 0 Å². The molecule has 0 aliphatic rings. The van der Waals surface area contributed by atoms with E-state index in [0.717, 1.165) is 11.0 Å². The number of hydrogen-bond donors (Lipinski definition) is 1. The minimum atomic E-state index is -0.638. The molecule has 1 atom stereocenters. The number of carbonyl (C=O) groups excluding carboxylic acids is 2. The molecule has 0 bridgehead atoms. The summed E-state index contributed by atoms with van der Waals surface area (Å²) in [5, 5.41) is 2.13. The van der Waals surface area contributed by atoms with Crippen molar-refractivity contribution in [1.29, 1.82) is 0 Å². The summed E-state index contributed by atoms with van der Waals surface area (Å²) >= 11 is 7.07.